The molecule has 152 valence electrons. The highest BCUT2D eigenvalue weighted by atomic mass is 35.5. The second-order valence-electron chi connectivity index (χ2n) is 7.59. The molecule has 4 rings (SSSR count). The van der Waals surface area contributed by atoms with E-state index in [2.05, 4.69) is 4.72 Å². The molecule has 0 aromatic heterocycles. The Hall–Kier alpha value is -1.80. The molecule has 3 atom stereocenters. The first kappa shape index (κ1) is 20.5. The number of allylic oxidation sites excluding steroid dienone is 1. The summed E-state index contributed by atoms with van der Waals surface area (Å²) in [6.45, 7) is 1.79. The Morgan fingerprint density at radius 3 is 2.45 bits per heavy atom. The average molecular weight is 450 g/mol. The highest BCUT2D eigenvalue weighted by Gasteiger charge is 2.72. The Morgan fingerprint density at radius 1 is 1.17 bits per heavy atom. The Kier molecular flexibility index (Phi) is 5.06. The van der Waals surface area contributed by atoms with E-state index in [0.717, 1.165) is 16.0 Å². The Morgan fingerprint density at radius 2 is 1.83 bits per heavy atom. The summed E-state index contributed by atoms with van der Waals surface area (Å²) in [6, 6.07) is 16.4. The maximum atomic E-state index is 13.1. The van der Waals surface area contributed by atoms with Crippen molar-refractivity contribution < 1.29 is 18.3 Å². The van der Waals surface area contributed by atoms with E-state index >= 15 is 0 Å². The summed E-state index contributed by atoms with van der Waals surface area (Å²) in [4.78, 5) is 13.0. The first-order chi connectivity index (χ1) is 13.7. The quantitative estimate of drug-likeness (QED) is 0.688. The van der Waals surface area contributed by atoms with Gasteiger partial charge in [-0.05, 0) is 36.1 Å². The zero-order valence-electron chi connectivity index (χ0n) is 15.6. The van der Waals surface area contributed by atoms with Crippen LogP contribution in [0.2, 0.25) is 5.02 Å². The molecule has 1 heterocycles. The molecule has 8 heteroatoms. The van der Waals surface area contributed by atoms with Gasteiger partial charge in [-0.25, -0.2) is 8.42 Å². The van der Waals surface area contributed by atoms with E-state index in [-0.39, 0.29) is 6.42 Å². The zero-order chi connectivity index (χ0) is 20.9. The van der Waals surface area contributed by atoms with Crippen LogP contribution in [0.4, 0.5) is 0 Å². The van der Waals surface area contributed by atoms with Crippen LogP contribution in [0, 0.1) is 0 Å². The van der Waals surface area contributed by atoms with Crippen molar-refractivity contribution in [3.63, 3.8) is 0 Å². The number of halogens is 1. The normalized spacial score (nSPS) is 28.8. The van der Waals surface area contributed by atoms with Crippen LogP contribution >= 0.6 is 23.4 Å². The number of carbonyl (C=O) groups is 1. The van der Waals surface area contributed by atoms with Gasteiger partial charge in [-0.1, -0.05) is 67.1 Å². The van der Waals surface area contributed by atoms with Crippen LogP contribution in [0.5, 0.6) is 0 Å². The van der Waals surface area contributed by atoms with Gasteiger partial charge in [-0.15, -0.1) is 11.8 Å². The Bertz CT molecular complexity index is 1090. The fourth-order valence-electron chi connectivity index (χ4n) is 3.88. The van der Waals surface area contributed by atoms with E-state index in [1.54, 1.807) is 19.1 Å². The van der Waals surface area contributed by atoms with Gasteiger partial charge >= 0.3 is 5.97 Å². The maximum Gasteiger partial charge on any atom is 0.325 e. The third kappa shape index (κ3) is 3.50. The predicted molar refractivity (Wildman–Crippen MR) is 116 cm³/mol. The van der Waals surface area contributed by atoms with Crippen molar-refractivity contribution in [1.29, 1.82) is 0 Å². The van der Waals surface area contributed by atoms with Gasteiger partial charge in [0.05, 0.1) is 0 Å². The minimum absolute atomic E-state index is 0.216. The van der Waals surface area contributed by atoms with Crippen LogP contribution in [-0.4, -0.2) is 29.6 Å². The molecule has 2 N–H and O–H groups in total. The third-order valence-corrected chi connectivity index (χ3v) is 9.69. The molecule has 1 saturated carbocycles. The van der Waals surface area contributed by atoms with E-state index < -0.39 is 31.5 Å². The largest absolute Gasteiger partial charge is 0.480 e. The second kappa shape index (κ2) is 7.16. The average Bonchev–Trinajstić information content (AvgIpc) is 3.05. The van der Waals surface area contributed by atoms with Crippen LogP contribution in [-0.2, 0) is 20.2 Å². The fourth-order valence-corrected chi connectivity index (χ4v) is 7.26. The van der Waals surface area contributed by atoms with Crippen LogP contribution in [0.3, 0.4) is 0 Å². The van der Waals surface area contributed by atoms with Crippen molar-refractivity contribution in [1.82, 2.24) is 4.72 Å². The summed E-state index contributed by atoms with van der Waals surface area (Å²) in [5.74, 6) is -1.15. The van der Waals surface area contributed by atoms with Gasteiger partial charge in [0.2, 0.25) is 10.0 Å². The highest BCUT2D eigenvalue weighted by Crippen LogP contribution is 2.58. The third-order valence-electron chi connectivity index (χ3n) is 5.76. The number of sulfonamides is 1. The molecule has 29 heavy (non-hydrogen) atoms. The summed E-state index contributed by atoms with van der Waals surface area (Å²) in [5.41, 5.74) is -0.616. The van der Waals surface area contributed by atoms with Crippen LogP contribution < -0.4 is 4.72 Å². The predicted octanol–water partition coefficient (Wildman–Crippen LogP) is 4.25. The van der Waals surface area contributed by atoms with Crippen molar-refractivity contribution in [2.45, 2.75) is 35.3 Å². The first-order valence-electron chi connectivity index (χ1n) is 9.12. The number of carboxylic acid groups (broad SMARTS) is 1. The van der Waals surface area contributed by atoms with E-state index in [1.807, 2.05) is 48.5 Å². The first-order valence-corrected chi connectivity index (χ1v) is 11.9. The lowest BCUT2D eigenvalue weighted by atomic mass is 9.93. The van der Waals surface area contributed by atoms with Gasteiger partial charge in [0.1, 0.15) is 10.1 Å². The van der Waals surface area contributed by atoms with Gasteiger partial charge < -0.3 is 5.11 Å². The van der Waals surface area contributed by atoms with E-state index in [1.165, 1.54) is 11.8 Å². The molecule has 0 saturated heterocycles. The van der Waals surface area contributed by atoms with Crippen LogP contribution in [0.25, 0.3) is 4.91 Å². The lowest BCUT2D eigenvalue weighted by Gasteiger charge is -2.23. The van der Waals surface area contributed by atoms with Gasteiger partial charge in [-0.3, -0.25) is 4.79 Å². The molecule has 0 spiro atoms. The van der Waals surface area contributed by atoms with E-state index in [0.29, 0.717) is 11.4 Å². The lowest BCUT2D eigenvalue weighted by Crippen LogP contribution is -2.50. The van der Waals surface area contributed by atoms with Crippen molar-refractivity contribution >= 4 is 44.3 Å². The molecule has 2 aromatic rings. The molecule has 1 fully saturated rings. The van der Waals surface area contributed by atoms with Crippen molar-refractivity contribution in [3.8, 4) is 0 Å². The standard InChI is InChI=1S/C21H20ClNO4S2/c1-20(15-5-3-2-4-6-15)13-21(20,19(24)25)23-29(26,27)18-12-11-17(28-18)14-7-9-16(22)10-8-14/h2-11,18,23H,12-13H2,1H3,(H,24,25). The molecule has 1 aliphatic carbocycles. The molecule has 0 radical (unpaired) electrons. The SMILES string of the molecule is CC1(c2ccccc2)CC1(NS(=O)(=O)C1CC=C(c2ccc(Cl)cc2)S1)C(=O)O. The molecule has 1 aliphatic heterocycles. The molecule has 0 amide bonds. The highest BCUT2D eigenvalue weighted by molar-refractivity contribution is 8.18. The Labute approximate surface area is 179 Å². The zero-order valence-corrected chi connectivity index (χ0v) is 18.0. The minimum atomic E-state index is -3.87. The summed E-state index contributed by atoms with van der Waals surface area (Å²) >= 11 is 7.15. The molecule has 3 unspecified atom stereocenters. The molecule has 2 aromatic carbocycles. The smallest absolute Gasteiger partial charge is 0.325 e. The molecular weight excluding hydrogens is 430 g/mol. The number of rotatable bonds is 6. The fraction of sp³-hybridized carbons (Fsp3) is 0.286. The second-order valence-corrected chi connectivity index (χ2v) is 11.4. The number of aliphatic carboxylic acids is 1. The lowest BCUT2D eigenvalue weighted by molar-refractivity contribution is -0.140. The molecule has 0 bridgehead atoms. The number of carboxylic acids is 1. The number of nitrogens with one attached hydrogen (secondary N) is 1. The number of thioether (sulfide) groups is 1. The molecule has 5 nitrogen and oxygen atoms in total. The molecular formula is C21H20ClNO4S2. The van der Waals surface area contributed by atoms with Crippen molar-refractivity contribution in [2.75, 3.05) is 0 Å². The summed E-state index contributed by atoms with van der Waals surface area (Å²) < 4.78 is 28.0. The van der Waals surface area contributed by atoms with Gasteiger partial charge in [-0.2, -0.15) is 4.72 Å². The molecule has 2 aliphatic rings. The number of hydrogen-bond donors (Lipinski definition) is 2. The summed E-state index contributed by atoms with van der Waals surface area (Å²) in [5, 5.41) is 10.5. The number of benzene rings is 2. The van der Waals surface area contributed by atoms with Crippen molar-refractivity contribution in [2.24, 2.45) is 0 Å². The minimum Gasteiger partial charge on any atom is -0.480 e. The summed E-state index contributed by atoms with van der Waals surface area (Å²) in [6.07, 6.45) is 2.40. The maximum absolute atomic E-state index is 13.1. The van der Waals surface area contributed by atoms with Crippen molar-refractivity contribution in [3.05, 3.63) is 76.8 Å². The van der Waals surface area contributed by atoms with Gasteiger partial charge in [0.15, 0.2) is 0 Å². The van der Waals surface area contributed by atoms with Crippen LogP contribution in [0.1, 0.15) is 30.9 Å². The van der Waals surface area contributed by atoms with E-state index in [4.69, 9.17) is 11.6 Å². The Balaban J connectivity index is 1.54. The van der Waals surface area contributed by atoms with Crippen LogP contribution in [0.15, 0.2) is 60.7 Å². The van der Waals surface area contributed by atoms with Gasteiger partial charge in [0, 0.05) is 15.3 Å². The topological polar surface area (TPSA) is 83.5 Å². The van der Waals surface area contributed by atoms with E-state index in [9.17, 15) is 18.3 Å². The summed E-state index contributed by atoms with van der Waals surface area (Å²) in [7, 11) is -3.87. The monoisotopic (exact) mass is 449 g/mol. The number of hydrogen-bond acceptors (Lipinski definition) is 4. The van der Waals surface area contributed by atoms with Gasteiger partial charge in [0.25, 0.3) is 0 Å².